The summed E-state index contributed by atoms with van der Waals surface area (Å²) in [5.74, 6) is 7.58. The Labute approximate surface area is 73.3 Å². The highest BCUT2D eigenvalue weighted by Gasteiger charge is 2.21. The lowest BCUT2D eigenvalue weighted by Crippen LogP contribution is -2.36. The van der Waals surface area contributed by atoms with Crippen LogP contribution in [0.4, 0.5) is 0 Å². The summed E-state index contributed by atoms with van der Waals surface area (Å²) in [6, 6.07) is 0.533. The van der Waals surface area contributed by atoms with Crippen LogP contribution < -0.4 is 11.3 Å². The van der Waals surface area contributed by atoms with Crippen LogP contribution in [0.1, 0.15) is 25.7 Å². The van der Waals surface area contributed by atoms with Gasteiger partial charge in [0.25, 0.3) is 0 Å². The maximum atomic E-state index is 5.40. The molecule has 0 spiro atoms. The minimum Gasteiger partial charge on any atom is -0.271 e. The van der Waals surface area contributed by atoms with Crippen LogP contribution in [0, 0.1) is 5.92 Å². The molecule has 1 fully saturated rings. The van der Waals surface area contributed by atoms with Crippen LogP contribution >= 0.6 is 11.8 Å². The molecule has 0 heterocycles. The molecule has 2 nitrogen and oxygen atoms in total. The third kappa shape index (κ3) is 3.99. The SMILES string of the molecule is CSCC(CCC1CC1)NN. The van der Waals surface area contributed by atoms with E-state index in [9.17, 15) is 0 Å². The number of hydrogen-bond donors (Lipinski definition) is 2. The fourth-order valence-electron chi connectivity index (χ4n) is 1.26. The molecular formula is C8H18N2S. The smallest absolute Gasteiger partial charge is 0.0301 e. The molecule has 1 aliphatic rings. The fraction of sp³-hybridized carbons (Fsp3) is 1.00. The van der Waals surface area contributed by atoms with Crippen molar-refractivity contribution >= 4 is 11.8 Å². The summed E-state index contributed by atoms with van der Waals surface area (Å²) in [6.07, 6.45) is 7.66. The van der Waals surface area contributed by atoms with Crippen molar-refractivity contribution in [3.05, 3.63) is 0 Å². The van der Waals surface area contributed by atoms with E-state index in [2.05, 4.69) is 11.7 Å². The predicted octanol–water partition coefficient (Wildman–Crippen LogP) is 1.37. The first-order valence-corrected chi connectivity index (χ1v) is 5.71. The number of hydrogen-bond acceptors (Lipinski definition) is 3. The van der Waals surface area contributed by atoms with Gasteiger partial charge in [-0.15, -0.1) is 0 Å². The molecule has 0 radical (unpaired) electrons. The van der Waals surface area contributed by atoms with Crippen molar-refractivity contribution in [2.24, 2.45) is 11.8 Å². The van der Waals surface area contributed by atoms with Crippen molar-refractivity contribution in [3.8, 4) is 0 Å². The second-order valence-corrected chi connectivity index (χ2v) is 4.25. The summed E-state index contributed by atoms with van der Waals surface area (Å²) >= 11 is 1.86. The van der Waals surface area contributed by atoms with Crippen molar-refractivity contribution in [2.75, 3.05) is 12.0 Å². The molecule has 1 unspecified atom stereocenters. The van der Waals surface area contributed by atoms with Gasteiger partial charge < -0.3 is 0 Å². The molecule has 3 heteroatoms. The standard InChI is InChI=1S/C8H18N2S/c1-11-6-8(10-9)5-4-7-2-3-7/h7-8,10H,2-6,9H2,1H3. The zero-order valence-corrected chi connectivity index (χ0v) is 7.99. The summed E-state index contributed by atoms with van der Waals surface area (Å²) in [5, 5.41) is 0. The van der Waals surface area contributed by atoms with Gasteiger partial charge in [-0.3, -0.25) is 11.3 Å². The van der Waals surface area contributed by atoms with Gasteiger partial charge in [0.15, 0.2) is 0 Å². The molecular weight excluding hydrogens is 156 g/mol. The van der Waals surface area contributed by atoms with Crippen LogP contribution in [0.25, 0.3) is 0 Å². The highest BCUT2D eigenvalue weighted by Crippen LogP contribution is 2.33. The second-order valence-electron chi connectivity index (χ2n) is 3.34. The first-order chi connectivity index (χ1) is 5.36. The van der Waals surface area contributed by atoms with Crippen molar-refractivity contribution in [1.29, 1.82) is 0 Å². The first kappa shape index (κ1) is 9.36. The number of nitrogens with one attached hydrogen (secondary N) is 1. The van der Waals surface area contributed by atoms with Gasteiger partial charge in [0, 0.05) is 11.8 Å². The Morgan fingerprint density at radius 2 is 2.36 bits per heavy atom. The van der Waals surface area contributed by atoms with E-state index < -0.39 is 0 Å². The lowest BCUT2D eigenvalue weighted by molar-refractivity contribution is 0.502. The van der Waals surface area contributed by atoms with E-state index in [1.165, 1.54) is 25.7 Å². The van der Waals surface area contributed by atoms with Gasteiger partial charge >= 0.3 is 0 Å². The van der Waals surface area contributed by atoms with Gasteiger partial charge in [-0.2, -0.15) is 11.8 Å². The Kier molecular flexibility index (Phi) is 4.26. The third-order valence-corrected chi connectivity index (χ3v) is 2.96. The Morgan fingerprint density at radius 1 is 1.64 bits per heavy atom. The van der Waals surface area contributed by atoms with E-state index in [1.54, 1.807) is 0 Å². The van der Waals surface area contributed by atoms with Gasteiger partial charge in [-0.05, 0) is 25.0 Å². The maximum Gasteiger partial charge on any atom is 0.0301 e. The third-order valence-electron chi connectivity index (χ3n) is 2.22. The van der Waals surface area contributed by atoms with Crippen LogP contribution in [0.3, 0.4) is 0 Å². The van der Waals surface area contributed by atoms with E-state index in [-0.39, 0.29) is 0 Å². The highest BCUT2D eigenvalue weighted by atomic mass is 32.2. The van der Waals surface area contributed by atoms with Crippen molar-refractivity contribution in [1.82, 2.24) is 5.43 Å². The van der Waals surface area contributed by atoms with Crippen molar-refractivity contribution in [3.63, 3.8) is 0 Å². The van der Waals surface area contributed by atoms with Crippen LogP contribution in [0.5, 0.6) is 0 Å². The quantitative estimate of drug-likeness (QED) is 0.472. The molecule has 0 bridgehead atoms. The summed E-state index contributed by atoms with van der Waals surface area (Å²) < 4.78 is 0. The fourth-order valence-corrected chi connectivity index (χ4v) is 1.92. The molecule has 0 aromatic heterocycles. The second kappa shape index (κ2) is 5.01. The van der Waals surface area contributed by atoms with Crippen LogP contribution in [-0.2, 0) is 0 Å². The van der Waals surface area contributed by atoms with Crippen LogP contribution in [0.2, 0.25) is 0 Å². The molecule has 0 saturated heterocycles. The highest BCUT2D eigenvalue weighted by molar-refractivity contribution is 7.98. The number of thioether (sulfide) groups is 1. The molecule has 11 heavy (non-hydrogen) atoms. The van der Waals surface area contributed by atoms with Gasteiger partial charge in [0.05, 0.1) is 0 Å². The van der Waals surface area contributed by atoms with E-state index in [0.717, 1.165) is 11.7 Å². The minimum absolute atomic E-state index is 0.533. The van der Waals surface area contributed by atoms with E-state index in [1.807, 2.05) is 11.8 Å². The predicted molar refractivity (Wildman–Crippen MR) is 51.5 cm³/mol. The summed E-state index contributed by atoms with van der Waals surface area (Å²) in [5.41, 5.74) is 2.87. The Morgan fingerprint density at radius 3 is 2.82 bits per heavy atom. The topological polar surface area (TPSA) is 38.0 Å². The average molecular weight is 174 g/mol. The van der Waals surface area contributed by atoms with Gasteiger partial charge in [0.1, 0.15) is 0 Å². The number of rotatable bonds is 6. The number of hydrazine groups is 1. The molecule has 66 valence electrons. The maximum absolute atomic E-state index is 5.40. The summed E-state index contributed by atoms with van der Waals surface area (Å²) in [6.45, 7) is 0. The largest absolute Gasteiger partial charge is 0.271 e. The summed E-state index contributed by atoms with van der Waals surface area (Å²) in [7, 11) is 0. The monoisotopic (exact) mass is 174 g/mol. The lowest BCUT2D eigenvalue weighted by atomic mass is 10.1. The Hall–Kier alpha value is 0.270. The van der Waals surface area contributed by atoms with E-state index in [4.69, 9.17) is 5.84 Å². The lowest BCUT2D eigenvalue weighted by Gasteiger charge is -2.13. The summed E-state index contributed by atoms with van der Waals surface area (Å²) in [4.78, 5) is 0. The minimum atomic E-state index is 0.533. The first-order valence-electron chi connectivity index (χ1n) is 4.32. The van der Waals surface area contributed by atoms with Gasteiger partial charge in [0.2, 0.25) is 0 Å². The molecule has 0 aromatic rings. The normalized spacial score (nSPS) is 20.2. The molecule has 0 amide bonds. The van der Waals surface area contributed by atoms with Gasteiger partial charge in [-0.25, -0.2) is 0 Å². The molecule has 0 aliphatic heterocycles. The molecule has 1 rings (SSSR count). The van der Waals surface area contributed by atoms with E-state index in [0.29, 0.717) is 6.04 Å². The zero-order chi connectivity index (χ0) is 8.10. The van der Waals surface area contributed by atoms with Crippen LogP contribution in [0.15, 0.2) is 0 Å². The van der Waals surface area contributed by atoms with Crippen molar-refractivity contribution < 1.29 is 0 Å². The average Bonchev–Trinajstić information content (AvgIpc) is 2.81. The Balaban J connectivity index is 1.98. The Bertz CT molecular complexity index is 104. The van der Waals surface area contributed by atoms with E-state index >= 15 is 0 Å². The van der Waals surface area contributed by atoms with Crippen LogP contribution in [-0.4, -0.2) is 18.1 Å². The van der Waals surface area contributed by atoms with Crippen molar-refractivity contribution in [2.45, 2.75) is 31.7 Å². The molecule has 3 N–H and O–H groups in total. The zero-order valence-electron chi connectivity index (χ0n) is 7.18. The molecule has 0 aromatic carbocycles. The molecule has 1 aliphatic carbocycles. The molecule has 1 atom stereocenters. The van der Waals surface area contributed by atoms with Gasteiger partial charge in [-0.1, -0.05) is 12.8 Å². The molecule has 1 saturated carbocycles. The number of nitrogens with two attached hydrogens (primary N) is 1.